The van der Waals surface area contributed by atoms with Crippen LogP contribution in [0.25, 0.3) is 6.08 Å². The van der Waals surface area contributed by atoms with Crippen molar-refractivity contribution in [2.24, 2.45) is 0 Å². The van der Waals surface area contributed by atoms with Crippen molar-refractivity contribution < 1.29 is 19.1 Å². The highest BCUT2D eigenvalue weighted by Gasteiger charge is 2.25. The molecule has 0 fully saturated rings. The molecule has 1 aromatic rings. The fourth-order valence-electron chi connectivity index (χ4n) is 1.10. The number of benzene rings is 1. The fourth-order valence-corrected chi connectivity index (χ4v) is 2.38. The summed E-state index contributed by atoms with van der Waals surface area (Å²) in [6.07, 6.45) is 1.03. The maximum absolute atomic E-state index is 11.5. The van der Waals surface area contributed by atoms with E-state index in [-0.39, 0.29) is 22.2 Å². The molecular formula is C10H11Cl2O4P. The number of hydrogen-bond donors (Lipinski definition) is 2. The molecule has 4 nitrogen and oxygen atoms in total. The van der Waals surface area contributed by atoms with Gasteiger partial charge in [0, 0.05) is 15.6 Å². The van der Waals surface area contributed by atoms with Gasteiger partial charge in [-0.3, -0.25) is 4.57 Å². The Morgan fingerprint density at radius 2 is 2.00 bits per heavy atom. The Hall–Kier alpha value is -0.510. The Morgan fingerprint density at radius 3 is 2.47 bits per heavy atom. The quantitative estimate of drug-likeness (QED) is 0.649. The Labute approximate surface area is 109 Å². The number of aliphatic hydroxyl groups excluding tert-OH is 1. The van der Waals surface area contributed by atoms with Gasteiger partial charge in [-0.2, -0.15) is 0 Å². The molecule has 0 aliphatic heterocycles. The van der Waals surface area contributed by atoms with Crippen LogP contribution in [0.2, 0.25) is 10.0 Å². The van der Waals surface area contributed by atoms with Crippen LogP contribution >= 0.6 is 30.8 Å². The van der Waals surface area contributed by atoms with Gasteiger partial charge in [0.1, 0.15) is 0 Å². The predicted molar refractivity (Wildman–Crippen MR) is 68.5 cm³/mol. The van der Waals surface area contributed by atoms with Crippen molar-refractivity contribution in [2.75, 3.05) is 6.61 Å². The van der Waals surface area contributed by atoms with E-state index in [0.717, 1.165) is 6.08 Å². The molecule has 0 aliphatic carbocycles. The third kappa shape index (κ3) is 3.73. The second-order valence-electron chi connectivity index (χ2n) is 3.08. The Morgan fingerprint density at radius 1 is 1.47 bits per heavy atom. The first-order chi connectivity index (χ1) is 7.88. The van der Waals surface area contributed by atoms with Crippen LogP contribution in [0.15, 0.2) is 23.7 Å². The zero-order valence-corrected chi connectivity index (χ0v) is 11.3. The van der Waals surface area contributed by atoms with Gasteiger partial charge in [-0.25, -0.2) is 0 Å². The smallest absolute Gasteiger partial charge is 0.392 e. The Balaban J connectivity index is 3.15. The van der Waals surface area contributed by atoms with Crippen LogP contribution in [0.3, 0.4) is 0 Å². The van der Waals surface area contributed by atoms with E-state index in [0.29, 0.717) is 0 Å². The topological polar surface area (TPSA) is 66.8 Å². The second-order valence-corrected chi connectivity index (χ2v) is 5.65. The summed E-state index contributed by atoms with van der Waals surface area (Å²) in [6, 6.07) is 4.73. The third-order valence-electron chi connectivity index (χ3n) is 1.87. The van der Waals surface area contributed by atoms with Crippen LogP contribution in [0.4, 0.5) is 0 Å². The molecule has 94 valence electrons. The molecule has 0 aliphatic rings. The minimum Gasteiger partial charge on any atom is -0.501 e. The molecular weight excluding hydrogens is 286 g/mol. The van der Waals surface area contributed by atoms with Crippen LogP contribution in [0, 0.1) is 0 Å². The molecule has 1 atom stereocenters. The summed E-state index contributed by atoms with van der Waals surface area (Å²) in [6.45, 7) is 1.54. The minimum absolute atomic E-state index is 0.00192. The molecule has 0 bridgehead atoms. The molecule has 1 unspecified atom stereocenters. The van der Waals surface area contributed by atoms with Crippen molar-refractivity contribution in [1.29, 1.82) is 0 Å². The molecule has 7 heteroatoms. The third-order valence-corrected chi connectivity index (χ3v) is 3.84. The molecule has 0 saturated carbocycles. The van der Waals surface area contributed by atoms with Crippen molar-refractivity contribution in [2.45, 2.75) is 6.92 Å². The molecule has 2 N–H and O–H groups in total. The zero-order chi connectivity index (χ0) is 13.1. The van der Waals surface area contributed by atoms with Gasteiger partial charge >= 0.3 is 7.60 Å². The molecule has 0 radical (unpaired) electrons. The molecule has 1 aromatic carbocycles. The molecule has 0 spiro atoms. The summed E-state index contributed by atoms with van der Waals surface area (Å²) in [5, 5.41) is 10.0. The van der Waals surface area contributed by atoms with E-state index in [4.69, 9.17) is 23.2 Å². The number of aliphatic hydroxyl groups is 1. The highest BCUT2D eigenvalue weighted by molar-refractivity contribution is 7.57. The van der Waals surface area contributed by atoms with E-state index in [1.165, 1.54) is 0 Å². The molecule has 0 saturated heterocycles. The van der Waals surface area contributed by atoms with E-state index >= 15 is 0 Å². The van der Waals surface area contributed by atoms with Gasteiger partial charge in [0.05, 0.1) is 6.61 Å². The van der Waals surface area contributed by atoms with Crippen molar-refractivity contribution >= 4 is 36.9 Å². The van der Waals surface area contributed by atoms with E-state index in [9.17, 15) is 14.6 Å². The van der Waals surface area contributed by atoms with Gasteiger partial charge in [0.15, 0.2) is 0 Å². The van der Waals surface area contributed by atoms with Gasteiger partial charge in [-0.05, 0) is 25.1 Å². The number of rotatable bonds is 4. The predicted octanol–water partition coefficient (Wildman–Crippen LogP) is 4.07. The van der Waals surface area contributed by atoms with Crippen LogP contribution in [-0.4, -0.2) is 16.6 Å². The lowest BCUT2D eigenvalue weighted by Crippen LogP contribution is -1.92. The van der Waals surface area contributed by atoms with Gasteiger partial charge in [-0.15, -0.1) is 0 Å². The molecule has 0 heterocycles. The first kappa shape index (κ1) is 14.6. The molecule has 17 heavy (non-hydrogen) atoms. The lowest BCUT2D eigenvalue weighted by Gasteiger charge is -2.10. The van der Waals surface area contributed by atoms with Gasteiger partial charge < -0.3 is 14.5 Å². The lowest BCUT2D eigenvalue weighted by molar-refractivity contribution is 0.261. The summed E-state index contributed by atoms with van der Waals surface area (Å²) in [4.78, 5) is 9.35. The maximum Gasteiger partial charge on any atom is 0.392 e. The van der Waals surface area contributed by atoms with E-state index in [1.807, 2.05) is 0 Å². The lowest BCUT2D eigenvalue weighted by atomic mass is 10.2. The van der Waals surface area contributed by atoms with Crippen molar-refractivity contribution in [1.82, 2.24) is 0 Å². The van der Waals surface area contributed by atoms with Crippen molar-refractivity contribution in [3.05, 3.63) is 39.3 Å². The van der Waals surface area contributed by atoms with E-state index in [2.05, 4.69) is 4.52 Å². The minimum atomic E-state index is -4.19. The molecule has 0 aromatic heterocycles. The van der Waals surface area contributed by atoms with Crippen LogP contribution in [-0.2, 0) is 9.09 Å². The summed E-state index contributed by atoms with van der Waals surface area (Å²) in [7, 11) is -4.19. The summed E-state index contributed by atoms with van der Waals surface area (Å²) >= 11 is 11.7. The first-order valence-electron chi connectivity index (χ1n) is 4.71. The fraction of sp³-hybridized carbons (Fsp3) is 0.200. The SMILES string of the molecule is CCOP(=O)(O)C(O)=Cc1c(Cl)cccc1Cl. The average molecular weight is 297 g/mol. The Bertz CT molecular complexity index is 467. The van der Waals surface area contributed by atoms with Crippen molar-refractivity contribution in [3.63, 3.8) is 0 Å². The van der Waals surface area contributed by atoms with E-state index < -0.39 is 13.1 Å². The van der Waals surface area contributed by atoms with Gasteiger partial charge in [0.2, 0.25) is 5.50 Å². The standard InChI is InChI=1S/C10H11Cl2O4P/c1-2-16-17(14,15)10(13)6-7-8(11)4-3-5-9(7)12/h3-6,13H,2H2,1H3,(H,14,15). The Kier molecular flexibility index (Phi) is 5.04. The molecule has 0 amide bonds. The largest absolute Gasteiger partial charge is 0.501 e. The van der Waals surface area contributed by atoms with Gasteiger partial charge in [0.25, 0.3) is 0 Å². The monoisotopic (exact) mass is 296 g/mol. The normalized spacial score (nSPS) is 15.6. The average Bonchev–Trinajstić information content (AvgIpc) is 2.23. The maximum atomic E-state index is 11.5. The van der Waals surface area contributed by atoms with Crippen LogP contribution in [0.5, 0.6) is 0 Å². The zero-order valence-electron chi connectivity index (χ0n) is 8.93. The highest BCUT2D eigenvalue weighted by Crippen LogP contribution is 2.50. The molecule has 1 rings (SSSR count). The van der Waals surface area contributed by atoms with Crippen molar-refractivity contribution in [3.8, 4) is 0 Å². The van der Waals surface area contributed by atoms with Crippen LogP contribution in [0.1, 0.15) is 12.5 Å². The summed E-state index contributed by atoms with van der Waals surface area (Å²) in [5.74, 6) is 0. The number of hydrogen-bond acceptors (Lipinski definition) is 3. The first-order valence-corrected chi connectivity index (χ1v) is 7.04. The highest BCUT2D eigenvalue weighted by atomic mass is 35.5. The summed E-state index contributed by atoms with van der Waals surface area (Å²) < 4.78 is 16.0. The van der Waals surface area contributed by atoms with E-state index in [1.54, 1.807) is 25.1 Å². The number of halogens is 2. The second kappa shape index (κ2) is 5.89. The van der Waals surface area contributed by atoms with Gasteiger partial charge in [-0.1, -0.05) is 29.3 Å². The van der Waals surface area contributed by atoms with Crippen LogP contribution < -0.4 is 0 Å². The summed E-state index contributed by atoms with van der Waals surface area (Å²) in [5.41, 5.74) is -0.531.